The van der Waals surface area contributed by atoms with Crippen LogP contribution in [0.15, 0.2) is 11.6 Å². The highest BCUT2D eigenvalue weighted by atomic mass is 28.2. The Labute approximate surface area is 76.5 Å². The van der Waals surface area contributed by atoms with Crippen LogP contribution in [0, 0.1) is 0 Å². The van der Waals surface area contributed by atoms with Crippen molar-refractivity contribution >= 4 is 9.52 Å². The lowest BCUT2D eigenvalue weighted by molar-refractivity contribution is 0.0475. The first-order chi connectivity index (χ1) is 5.85. The molecule has 0 atom stereocenters. The van der Waals surface area contributed by atoms with Gasteiger partial charge in [-0.15, -0.1) is 0 Å². The monoisotopic (exact) mass is 190 g/mol. The molecule has 0 unspecified atom stereocenters. The quantitative estimate of drug-likeness (QED) is 0.335. The molecular weight excluding hydrogens is 172 g/mol. The van der Waals surface area contributed by atoms with Crippen molar-refractivity contribution in [3.63, 3.8) is 0 Å². The fraction of sp³-hybridized carbons (Fsp3) is 0.750. The first kappa shape index (κ1) is 11.5. The number of hydrogen-bond donors (Lipinski definition) is 0. The molecule has 0 radical (unpaired) electrons. The van der Waals surface area contributed by atoms with Gasteiger partial charge < -0.3 is 14.2 Å². The lowest BCUT2D eigenvalue weighted by atomic mass is 10.8. The van der Waals surface area contributed by atoms with E-state index < -0.39 is 0 Å². The first-order valence-corrected chi connectivity index (χ1v) is 6.11. The second kappa shape index (κ2) is 8.61. The predicted molar refractivity (Wildman–Crippen MR) is 51.8 cm³/mol. The Balaban J connectivity index is 3.64. The minimum atomic E-state index is -0.311. The fourth-order valence-corrected chi connectivity index (χ4v) is 1.56. The summed E-state index contributed by atoms with van der Waals surface area (Å²) in [6, 6.07) is 0. The van der Waals surface area contributed by atoms with Crippen molar-refractivity contribution in [3.05, 3.63) is 11.6 Å². The molecule has 0 aromatic carbocycles. The zero-order valence-corrected chi connectivity index (χ0v) is 9.54. The van der Waals surface area contributed by atoms with Crippen molar-refractivity contribution in [1.29, 1.82) is 0 Å². The van der Waals surface area contributed by atoms with E-state index in [0.717, 1.165) is 6.23 Å². The van der Waals surface area contributed by atoms with Gasteiger partial charge in [-0.3, -0.25) is 0 Å². The molecule has 3 nitrogen and oxygen atoms in total. The maximum absolute atomic E-state index is 5.25. The molecule has 0 saturated heterocycles. The summed E-state index contributed by atoms with van der Waals surface area (Å²) >= 11 is 0. The van der Waals surface area contributed by atoms with Gasteiger partial charge >= 0.3 is 0 Å². The molecule has 0 aliphatic heterocycles. The Kier molecular flexibility index (Phi) is 8.27. The Morgan fingerprint density at radius 1 is 1.25 bits per heavy atom. The van der Waals surface area contributed by atoms with E-state index in [1.54, 1.807) is 7.11 Å². The normalized spacial score (nSPS) is 10.2. The molecule has 4 heteroatoms. The van der Waals surface area contributed by atoms with Crippen molar-refractivity contribution in [2.24, 2.45) is 0 Å². The third-order valence-corrected chi connectivity index (χ3v) is 2.47. The number of methoxy groups -OCH3 is 1. The number of hydrogen-bond acceptors (Lipinski definition) is 3. The molecule has 0 rings (SSSR count). The van der Waals surface area contributed by atoms with E-state index in [0.29, 0.717) is 19.2 Å². The first-order valence-electron chi connectivity index (χ1n) is 4.29. The summed E-state index contributed by atoms with van der Waals surface area (Å²) < 4.78 is 15.4. The minimum Gasteiger partial charge on any atom is -0.466 e. The van der Waals surface area contributed by atoms with Gasteiger partial charge in [0.05, 0.1) is 22.7 Å². The van der Waals surface area contributed by atoms with Crippen LogP contribution in [0.4, 0.5) is 0 Å². The van der Waals surface area contributed by atoms with Gasteiger partial charge in [0.2, 0.25) is 0 Å². The lowest BCUT2D eigenvalue weighted by Gasteiger charge is -2.08. The largest absolute Gasteiger partial charge is 0.466 e. The molecule has 0 N–H and O–H groups in total. The van der Waals surface area contributed by atoms with E-state index in [1.165, 1.54) is 0 Å². The van der Waals surface area contributed by atoms with Crippen molar-refractivity contribution < 1.29 is 14.2 Å². The molecule has 0 heterocycles. The van der Waals surface area contributed by atoms with Crippen LogP contribution in [0.3, 0.4) is 0 Å². The fourth-order valence-electron chi connectivity index (χ4n) is 0.739. The van der Waals surface area contributed by atoms with Crippen LogP contribution < -0.4 is 0 Å². The van der Waals surface area contributed by atoms with E-state index in [4.69, 9.17) is 14.2 Å². The van der Waals surface area contributed by atoms with Crippen LogP contribution in [0.25, 0.3) is 0 Å². The average molecular weight is 190 g/mol. The second-order valence-corrected chi connectivity index (χ2v) is 3.56. The average Bonchev–Trinajstić information content (AvgIpc) is 2.06. The van der Waals surface area contributed by atoms with E-state index in [-0.39, 0.29) is 9.52 Å². The summed E-state index contributed by atoms with van der Waals surface area (Å²) in [4.78, 5) is 0. The third-order valence-electron chi connectivity index (χ3n) is 1.21. The molecule has 72 valence electrons. The summed E-state index contributed by atoms with van der Waals surface area (Å²) in [6.07, 6.45) is 0.837. The van der Waals surface area contributed by atoms with Crippen molar-refractivity contribution in [1.82, 2.24) is 0 Å². The van der Waals surface area contributed by atoms with Crippen molar-refractivity contribution in [2.75, 3.05) is 26.6 Å². The Morgan fingerprint density at radius 2 is 1.83 bits per heavy atom. The number of ether oxygens (including phenoxy) is 3. The summed E-state index contributed by atoms with van der Waals surface area (Å²) in [6.45, 7) is 5.22. The molecular formula is C8H18O3Si. The van der Waals surface area contributed by atoms with E-state index in [1.807, 2.05) is 19.5 Å². The molecule has 12 heavy (non-hydrogen) atoms. The van der Waals surface area contributed by atoms with E-state index >= 15 is 0 Å². The summed E-state index contributed by atoms with van der Waals surface area (Å²) in [5.74, 6) is 0.670. The van der Waals surface area contributed by atoms with Crippen LogP contribution in [0.2, 0.25) is 0 Å². The van der Waals surface area contributed by atoms with Gasteiger partial charge in [-0.25, -0.2) is 0 Å². The molecule has 0 aliphatic carbocycles. The topological polar surface area (TPSA) is 27.7 Å². The SMILES string of the molecule is CCOC(=C[SiH2]COC)OCC. The zero-order chi connectivity index (χ0) is 9.23. The smallest absolute Gasteiger partial charge is 0.270 e. The highest BCUT2D eigenvalue weighted by Crippen LogP contribution is 1.97. The Morgan fingerprint density at radius 3 is 2.25 bits per heavy atom. The van der Waals surface area contributed by atoms with E-state index in [2.05, 4.69) is 0 Å². The maximum Gasteiger partial charge on any atom is 0.270 e. The zero-order valence-electron chi connectivity index (χ0n) is 8.13. The molecule has 0 aliphatic rings. The van der Waals surface area contributed by atoms with Crippen LogP contribution in [0.5, 0.6) is 0 Å². The van der Waals surface area contributed by atoms with Gasteiger partial charge in [0.15, 0.2) is 0 Å². The third kappa shape index (κ3) is 6.24. The van der Waals surface area contributed by atoms with Crippen LogP contribution >= 0.6 is 0 Å². The summed E-state index contributed by atoms with van der Waals surface area (Å²) in [5.41, 5.74) is 2.04. The van der Waals surface area contributed by atoms with Crippen LogP contribution in [-0.4, -0.2) is 36.1 Å². The second-order valence-electron chi connectivity index (χ2n) is 2.17. The Hall–Kier alpha value is -0.483. The van der Waals surface area contributed by atoms with Gasteiger partial charge in [-0.1, -0.05) is 0 Å². The standard InChI is InChI=1S/C8H18O3Si/c1-4-10-8(11-5-2)6-12-7-9-3/h6H,4-5,7,12H2,1-3H3. The molecule has 0 bridgehead atoms. The van der Waals surface area contributed by atoms with Crippen molar-refractivity contribution in [3.8, 4) is 0 Å². The van der Waals surface area contributed by atoms with Crippen LogP contribution in [-0.2, 0) is 14.2 Å². The minimum absolute atomic E-state index is 0.311. The van der Waals surface area contributed by atoms with Gasteiger partial charge in [-0.2, -0.15) is 0 Å². The molecule has 0 amide bonds. The van der Waals surface area contributed by atoms with Gasteiger partial charge in [0.25, 0.3) is 5.95 Å². The summed E-state index contributed by atoms with van der Waals surface area (Å²) in [5, 5.41) is 0. The Bertz CT molecular complexity index is 117. The molecule has 0 aromatic heterocycles. The van der Waals surface area contributed by atoms with Gasteiger partial charge in [0, 0.05) is 13.3 Å². The highest BCUT2D eigenvalue weighted by Gasteiger charge is 1.95. The maximum atomic E-state index is 5.25. The molecule has 0 spiro atoms. The molecule has 0 fully saturated rings. The molecule has 0 saturated carbocycles. The highest BCUT2D eigenvalue weighted by molar-refractivity contribution is 6.41. The number of rotatable bonds is 7. The van der Waals surface area contributed by atoms with E-state index in [9.17, 15) is 0 Å². The van der Waals surface area contributed by atoms with Crippen molar-refractivity contribution in [2.45, 2.75) is 13.8 Å². The van der Waals surface area contributed by atoms with Crippen LogP contribution in [0.1, 0.15) is 13.8 Å². The molecule has 0 aromatic rings. The lowest BCUT2D eigenvalue weighted by Crippen LogP contribution is -2.03. The summed E-state index contributed by atoms with van der Waals surface area (Å²) in [7, 11) is 1.40. The van der Waals surface area contributed by atoms with Gasteiger partial charge in [-0.05, 0) is 19.5 Å². The van der Waals surface area contributed by atoms with Gasteiger partial charge in [0.1, 0.15) is 0 Å². The predicted octanol–water partition coefficient (Wildman–Crippen LogP) is 0.631.